The van der Waals surface area contributed by atoms with Crippen molar-refractivity contribution in [1.82, 2.24) is 14.5 Å². The van der Waals surface area contributed by atoms with Gasteiger partial charge in [0.15, 0.2) is 4.77 Å². The number of aromatic amines is 1. The Balaban J connectivity index is 2.05. The molecule has 1 aliphatic rings. The Kier molecular flexibility index (Phi) is 3.81. The van der Waals surface area contributed by atoms with Gasteiger partial charge in [-0.1, -0.05) is 6.92 Å². The summed E-state index contributed by atoms with van der Waals surface area (Å²) in [4.78, 5) is 5.81. The van der Waals surface area contributed by atoms with E-state index in [0.717, 1.165) is 34.6 Å². The lowest BCUT2D eigenvalue weighted by atomic mass is 10.1. The molecule has 1 N–H and O–H groups in total. The summed E-state index contributed by atoms with van der Waals surface area (Å²) in [5.41, 5.74) is 2.24. The van der Waals surface area contributed by atoms with E-state index >= 15 is 0 Å². The van der Waals surface area contributed by atoms with Crippen molar-refractivity contribution >= 4 is 23.3 Å². The van der Waals surface area contributed by atoms with Crippen LogP contribution in [0.4, 0.5) is 0 Å². The molecule has 1 aromatic heterocycles. The number of imidazole rings is 1. The normalized spacial score (nSPS) is 20.4. The minimum absolute atomic E-state index is 0.456. The van der Waals surface area contributed by atoms with Gasteiger partial charge in [0.25, 0.3) is 0 Å². The maximum Gasteiger partial charge on any atom is 0.178 e. The highest BCUT2D eigenvalue weighted by atomic mass is 32.1. The first-order valence-corrected chi connectivity index (χ1v) is 7.64. The van der Waals surface area contributed by atoms with E-state index in [9.17, 15) is 0 Å². The van der Waals surface area contributed by atoms with Gasteiger partial charge >= 0.3 is 0 Å². The van der Waals surface area contributed by atoms with Crippen molar-refractivity contribution in [2.45, 2.75) is 25.8 Å². The number of methoxy groups -OCH3 is 1. The zero-order valence-corrected chi connectivity index (χ0v) is 12.9. The maximum absolute atomic E-state index is 5.54. The van der Waals surface area contributed by atoms with E-state index in [1.165, 1.54) is 19.4 Å². The van der Waals surface area contributed by atoms with Gasteiger partial charge in [-0.15, -0.1) is 0 Å². The number of hydrogen-bond acceptors (Lipinski definition) is 3. The highest BCUT2D eigenvalue weighted by Gasteiger charge is 2.22. The molecule has 1 aromatic carbocycles. The van der Waals surface area contributed by atoms with Crippen LogP contribution in [0.2, 0.25) is 0 Å². The molecule has 2 heterocycles. The van der Waals surface area contributed by atoms with Crippen molar-refractivity contribution < 1.29 is 4.74 Å². The second kappa shape index (κ2) is 5.58. The molecule has 5 heteroatoms. The zero-order chi connectivity index (χ0) is 14.1. The molecular formula is C15H21N3OS. The van der Waals surface area contributed by atoms with E-state index in [-0.39, 0.29) is 0 Å². The van der Waals surface area contributed by atoms with Gasteiger partial charge in [0.05, 0.1) is 18.1 Å². The third-order valence-electron chi connectivity index (χ3n) is 4.22. The van der Waals surface area contributed by atoms with Crippen LogP contribution in [0.25, 0.3) is 11.0 Å². The van der Waals surface area contributed by atoms with Crippen molar-refractivity contribution in [3.63, 3.8) is 0 Å². The molecule has 4 nitrogen and oxygen atoms in total. The average molecular weight is 291 g/mol. The molecule has 1 saturated heterocycles. The molecule has 0 spiro atoms. The zero-order valence-electron chi connectivity index (χ0n) is 12.1. The van der Waals surface area contributed by atoms with E-state index in [1.807, 2.05) is 12.1 Å². The summed E-state index contributed by atoms with van der Waals surface area (Å²) in [7, 11) is 1.70. The molecule has 1 atom stereocenters. The van der Waals surface area contributed by atoms with Crippen molar-refractivity contribution in [2.75, 3.05) is 26.7 Å². The van der Waals surface area contributed by atoms with Crippen LogP contribution in [-0.4, -0.2) is 41.2 Å². The van der Waals surface area contributed by atoms with Gasteiger partial charge in [-0.3, -0.25) is 0 Å². The standard InChI is InChI=1S/C15H21N3OS/c1-3-17-8-4-5-11(10-17)18-14-9-12(19-2)6-7-13(14)16-15(18)20/h6-7,9,11H,3-5,8,10H2,1-2H3,(H,16,20). The Labute approximate surface area is 124 Å². The largest absolute Gasteiger partial charge is 0.497 e. The number of ether oxygens (including phenoxy) is 1. The van der Waals surface area contributed by atoms with Crippen LogP contribution in [0, 0.1) is 4.77 Å². The fraction of sp³-hybridized carbons (Fsp3) is 0.533. The van der Waals surface area contributed by atoms with Crippen molar-refractivity contribution in [3.05, 3.63) is 23.0 Å². The quantitative estimate of drug-likeness (QED) is 0.880. The fourth-order valence-corrected chi connectivity index (χ4v) is 3.48. The van der Waals surface area contributed by atoms with E-state index in [1.54, 1.807) is 7.11 Å². The lowest BCUT2D eigenvalue weighted by molar-refractivity contribution is 0.186. The predicted octanol–water partition coefficient (Wildman–Crippen LogP) is 3.36. The lowest BCUT2D eigenvalue weighted by Gasteiger charge is -2.32. The minimum Gasteiger partial charge on any atom is -0.497 e. The van der Waals surface area contributed by atoms with Gasteiger partial charge in [-0.2, -0.15) is 0 Å². The number of likely N-dealkylation sites (N-methyl/N-ethyl adjacent to an activating group) is 1. The Morgan fingerprint density at radius 1 is 1.45 bits per heavy atom. The number of benzene rings is 1. The minimum atomic E-state index is 0.456. The molecule has 0 saturated carbocycles. The van der Waals surface area contributed by atoms with Crippen molar-refractivity contribution in [2.24, 2.45) is 0 Å². The van der Waals surface area contributed by atoms with E-state index in [4.69, 9.17) is 17.0 Å². The smallest absolute Gasteiger partial charge is 0.178 e. The Morgan fingerprint density at radius 3 is 3.05 bits per heavy atom. The molecule has 1 fully saturated rings. The number of hydrogen-bond donors (Lipinski definition) is 1. The molecule has 108 valence electrons. The molecule has 1 unspecified atom stereocenters. The second-order valence-electron chi connectivity index (χ2n) is 5.37. The summed E-state index contributed by atoms with van der Waals surface area (Å²) in [6.07, 6.45) is 2.42. The number of piperidine rings is 1. The van der Waals surface area contributed by atoms with Gasteiger partial charge in [-0.05, 0) is 50.3 Å². The molecule has 0 amide bonds. The number of nitrogens with one attached hydrogen (secondary N) is 1. The first-order valence-electron chi connectivity index (χ1n) is 7.23. The number of fused-ring (bicyclic) bond motifs is 1. The first kappa shape index (κ1) is 13.6. The third kappa shape index (κ3) is 2.36. The Bertz CT molecular complexity index is 661. The van der Waals surface area contributed by atoms with Crippen LogP contribution in [0.1, 0.15) is 25.8 Å². The summed E-state index contributed by atoms with van der Waals surface area (Å²) in [6.45, 7) is 5.61. The molecule has 1 aliphatic heterocycles. The van der Waals surface area contributed by atoms with E-state index in [0.29, 0.717) is 6.04 Å². The van der Waals surface area contributed by atoms with Gasteiger partial charge < -0.3 is 19.2 Å². The number of nitrogens with zero attached hydrogens (tertiary/aromatic N) is 2. The van der Waals surface area contributed by atoms with Gasteiger partial charge in [0.2, 0.25) is 0 Å². The predicted molar refractivity (Wildman–Crippen MR) is 84.1 cm³/mol. The molecule has 0 aliphatic carbocycles. The molecular weight excluding hydrogens is 270 g/mol. The van der Waals surface area contributed by atoms with Crippen LogP contribution < -0.4 is 4.74 Å². The Morgan fingerprint density at radius 2 is 2.30 bits per heavy atom. The van der Waals surface area contributed by atoms with Crippen LogP contribution >= 0.6 is 12.2 Å². The molecule has 0 bridgehead atoms. The van der Waals surface area contributed by atoms with Crippen LogP contribution in [0.15, 0.2) is 18.2 Å². The van der Waals surface area contributed by atoms with Crippen LogP contribution in [-0.2, 0) is 0 Å². The number of likely N-dealkylation sites (tertiary alicyclic amines) is 1. The Hall–Kier alpha value is -1.33. The SMILES string of the molecule is CCN1CCCC(n2c(=S)[nH]c3ccc(OC)cc32)C1. The summed E-state index contributed by atoms with van der Waals surface area (Å²) in [5, 5.41) is 0. The van der Waals surface area contributed by atoms with Crippen LogP contribution in [0.5, 0.6) is 5.75 Å². The lowest BCUT2D eigenvalue weighted by Crippen LogP contribution is -2.36. The third-order valence-corrected chi connectivity index (χ3v) is 4.52. The summed E-state index contributed by atoms with van der Waals surface area (Å²) in [6, 6.07) is 6.54. The monoisotopic (exact) mass is 291 g/mol. The molecule has 20 heavy (non-hydrogen) atoms. The molecule has 2 aromatic rings. The van der Waals surface area contributed by atoms with E-state index < -0.39 is 0 Å². The van der Waals surface area contributed by atoms with Gasteiger partial charge in [0.1, 0.15) is 5.75 Å². The summed E-state index contributed by atoms with van der Waals surface area (Å²) in [5.74, 6) is 0.878. The van der Waals surface area contributed by atoms with Crippen LogP contribution in [0.3, 0.4) is 0 Å². The van der Waals surface area contributed by atoms with Crippen molar-refractivity contribution in [1.29, 1.82) is 0 Å². The number of aromatic nitrogens is 2. The second-order valence-corrected chi connectivity index (χ2v) is 5.76. The van der Waals surface area contributed by atoms with Gasteiger partial charge in [0, 0.05) is 18.7 Å². The number of H-pyrrole nitrogens is 1. The molecule has 3 rings (SSSR count). The van der Waals surface area contributed by atoms with E-state index in [2.05, 4.69) is 27.4 Å². The summed E-state index contributed by atoms with van der Waals surface area (Å²) < 4.78 is 8.43. The fourth-order valence-electron chi connectivity index (χ4n) is 3.12. The average Bonchev–Trinajstić information content (AvgIpc) is 2.82. The van der Waals surface area contributed by atoms with Gasteiger partial charge in [-0.25, -0.2) is 0 Å². The summed E-state index contributed by atoms with van der Waals surface area (Å²) >= 11 is 5.54. The highest BCUT2D eigenvalue weighted by Crippen LogP contribution is 2.28. The van der Waals surface area contributed by atoms with Crippen molar-refractivity contribution in [3.8, 4) is 5.75 Å². The maximum atomic E-state index is 5.54. The molecule has 0 radical (unpaired) electrons. The first-order chi connectivity index (χ1) is 9.72. The topological polar surface area (TPSA) is 33.2 Å². The highest BCUT2D eigenvalue weighted by molar-refractivity contribution is 7.71. The number of rotatable bonds is 3.